The molecule has 0 saturated heterocycles. The third-order valence-electron chi connectivity index (χ3n) is 3.24. The van der Waals surface area contributed by atoms with E-state index in [1.165, 1.54) is 11.1 Å². The van der Waals surface area contributed by atoms with Crippen LogP contribution in [0.4, 0.5) is 0 Å². The Labute approximate surface area is 103 Å². The van der Waals surface area contributed by atoms with Gasteiger partial charge in [0.15, 0.2) is 0 Å². The number of fused-ring (bicyclic) bond motifs is 4. The monoisotopic (exact) mass is 254 g/mol. The van der Waals surface area contributed by atoms with Crippen LogP contribution in [0.5, 0.6) is 0 Å². The van der Waals surface area contributed by atoms with Crippen LogP contribution in [0.3, 0.4) is 0 Å². The molecule has 86 valence electrons. The van der Waals surface area contributed by atoms with Gasteiger partial charge in [0.25, 0.3) is 0 Å². The standard InChI is InChI=1S/C12H14O2S2/c13-10-5-15-3-7-1-2-8(10)12-9(7)4-16-6-11(12)14/h1-2,10-11,13-14H,3-6H2. The topological polar surface area (TPSA) is 40.5 Å². The maximum Gasteiger partial charge on any atom is 0.0887 e. The summed E-state index contributed by atoms with van der Waals surface area (Å²) in [4.78, 5) is 0. The minimum Gasteiger partial charge on any atom is -0.388 e. The van der Waals surface area contributed by atoms with E-state index in [4.69, 9.17) is 0 Å². The minimum absolute atomic E-state index is 0.401. The lowest BCUT2D eigenvalue weighted by Crippen LogP contribution is -2.19. The van der Waals surface area contributed by atoms with Crippen molar-refractivity contribution in [2.45, 2.75) is 23.7 Å². The molecule has 0 saturated carbocycles. The van der Waals surface area contributed by atoms with Crippen LogP contribution >= 0.6 is 23.5 Å². The molecule has 2 unspecified atom stereocenters. The van der Waals surface area contributed by atoms with Crippen molar-refractivity contribution in [1.82, 2.24) is 0 Å². The first kappa shape index (κ1) is 11.0. The molecule has 0 amide bonds. The van der Waals surface area contributed by atoms with Crippen LogP contribution in [0.15, 0.2) is 12.1 Å². The fourth-order valence-corrected chi connectivity index (χ4v) is 4.51. The van der Waals surface area contributed by atoms with Crippen molar-refractivity contribution < 1.29 is 10.2 Å². The van der Waals surface area contributed by atoms with Crippen molar-refractivity contribution in [2.24, 2.45) is 0 Å². The van der Waals surface area contributed by atoms with Crippen molar-refractivity contribution in [3.05, 3.63) is 34.4 Å². The molecular formula is C12H14O2S2. The number of benzene rings is 1. The van der Waals surface area contributed by atoms with Crippen LogP contribution in [0, 0.1) is 0 Å². The Hall–Kier alpha value is -0.160. The zero-order valence-electron chi connectivity index (χ0n) is 8.85. The zero-order chi connectivity index (χ0) is 11.1. The molecule has 3 heterocycles. The molecule has 0 radical (unpaired) electrons. The lowest BCUT2D eigenvalue weighted by molar-refractivity contribution is 0.178. The van der Waals surface area contributed by atoms with Gasteiger partial charge < -0.3 is 10.2 Å². The third-order valence-corrected chi connectivity index (χ3v) is 5.35. The molecule has 16 heavy (non-hydrogen) atoms. The summed E-state index contributed by atoms with van der Waals surface area (Å²) < 4.78 is 0. The van der Waals surface area contributed by atoms with Gasteiger partial charge in [0.2, 0.25) is 0 Å². The second-order valence-corrected chi connectivity index (χ2v) is 6.33. The van der Waals surface area contributed by atoms with Crippen molar-refractivity contribution in [3.63, 3.8) is 0 Å². The van der Waals surface area contributed by atoms with E-state index in [0.717, 1.165) is 34.1 Å². The van der Waals surface area contributed by atoms with Crippen molar-refractivity contribution in [1.29, 1.82) is 0 Å². The molecule has 0 aliphatic carbocycles. The van der Waals surface area contributed by atoms with Crippen molar-refractivity contribution >= 4 is 23.5 Å². The molecule has 3 aliphatic rings. The Morgan fingerprint density at radius 1 is 1.00 bits per heavy atom. The molecule has 0 fully saturated rings. The lowest BCUT2D eigenvalue weighted by Gasteiger charge is -2.30. The summed E-state index contributed by atoms with van der Waals surface area (Å²) in [7, 11) is 0. The van der Waals surface area contributed by atoms with Gasteiger partial charge >= 0.3 is 0 Å². The van der Waals surface area contributed by atoms with E-state index in [2.05, 4.69) is 6.07 Å². The summed E-state index contributed by atoms with van der Waals surface area (Å²) in [6.07, 6.45) is -0.827. The van der Waals surface area contributed by atoms with Gasteiger partial charge in [-0.2, -0.15) is 23.5 Å². The Kier molecular flexibility index (Phi) is 2.92. The molecule has 2 bridgehead atoms. The number of hydrogen-bond acceptors (Lipinski definition) is 4. The Morgan fingerprint density at radius 3 is 2.62 bits per heavy atom. The number of aliphatic hydroxyl groups is 2. The predicted molar refractivity (Wildman–Crippen MR) is 68.7 cm³/mol. The van der Waals surface area contributed by atoms with Crippen LogP contribution in [-0.2, 0) is 11.5 Å². The smallest absolute Gasteiger partial charge is 0.0887 e. The quantitative estimate of drug-likeness (QED) is 0.745. The molecule has 4 rings (SSSR count). The first-order chi connectivity index (χ1) is 7.77. The van der Waals surface area contributed by atoms with Crippen molar-refractivity contribution in [3.8, 4) is 0 Å². The van der Waals surface area contributed by atoms with E-state index < -0.39 is 12.2 Å². The molecule has 3 aliphatic heterocycles. The molecule has 2 N–H and O–H groups in total. The van der Waals surface area contributed by atoms with E-state index in [-0.39, 0.29) is 0 Å². The molecule has 2 nitrogen and oxygen atoms in total. The van der Waals surface area contributed by atoms with Crippen LogP contribution in [0.1, 0.15) is 34.5 Å². The van der Waals surface area contributed by atoms with E-state index >= 15 is 0 Å². The van der Waals surface area contributed by atoms with Crippen LogP contribution in [-0.4, -0.2) is 21.7 Å². The Morgan fingerprint density at radius 2 is 1.75 bits per heavy atom. The largest absolute Gasteiger partial charge is 0.388 e. The average Bonchev–Trinajstić information content (AvgIpc) is 2.26. The zero-order valence-corrected chi connectivity index (χ0v) is 10.5. The summed E-state index contributed by atoms with van der Waals surface area (Å²) in [5.41, 5.74) is 4.57. The third kappa shape index (κ3) is 1.68. The number of thioether (sulfide) groups is 2. The molecular weight excluding hydrogens is 240 g/mol. The summed E-state index contributed by atoms with van der Waals surface area (Å²) in [5.74, 6) is 3.42. The highest BCUT2D eigenvalue weighted by atomic mass is 32.2. The van der Waals surface area contributed by atoms with E-state index in [9.17, 15) is 10.2 Å². The highest BCUT2D eigenvalue weighted by molar-refractivity contribution is 7.98. The highest BCUT2D eigenvalue weighted by Crippen LogP contribution is 2.41. The number of rotatable bonds is 0. The summed E-state index contributed by atoms with van der Waals surface area (Å²) >= 11 is 3.55. The van der Waals surface area contributed by atoms with E-state index in [1.54, 1.807) is 23.5 Å². The molecule has 0 aromatic heterocycles. The van der Waals surface area contributed by atoms with Gasteiger partial charge in [0.1, 0.15) is 0 Å². The maximum atomic E-state index is 10.1. The van der Waals surface area contributed by atoms with Gasteiger partial charge in [-0.25, -0.2) is 0 Å². The summed E-state index contributed by atoms with van der Waals surface area (Å²) in [5, 5.41) is 20.2. The SMILES string of the molecule is OC1CSCc2ccc1c1c2CSCC1O. The summed E-state index contributed by atoms with van der Waals surface area (Å²) in [6.45, 7) is 0. The summed E-state index contributed by atoms with van der Waals surface area (Å²) in [6, 6.07) is 4.11. The Balaban J connectivity index is 2.22. The normalized spacial score (nSPS) is 28.4. The number of aliphatic hydroxyl groups excluding tert-OH is 2. The van der Waals surface area contributed by atoms with Gasteiger partial charge in [-0.1, -0.05) is 12.1 Å². The van der Waals surface area contributed by atoms with Crippen LogP contribution < -0.4 is 0 Å². The minimum atomic E-state index is -0.425. The maximum absolute atomic E-state index is 10.1. The van der Waals surface area contributed by atoms with Crippen LogP contribution in [0.25, 0.3) is 0 Å². The lowest BCUT2D eigenvalue weighted by atomic mass is 9.91. The molecule has 4 heteroatoms. The Bertz CT molecular complexity index is 420. The first-order valence-corrected chi connectivity index (χ1v) is 7.74. The van der Waals surface area contributed by atoms with Gasteiger partial charge in [-0.15, -0.1) is 0 Å². The van der Waals surface area contributed by atoms with Gasteiger partial charge in [-0.05, 0) is 22.3 Å². The number of hydrogen-bond donors (Lipinski definition) is 2. The first-order valence-electron chi connectivity index (χ1n) is 5.43. The predicted octanol–water partition coefficient (Wildman–Crippen LogP) is 2.25. The highest BCUT2D eigenvalue weighted by Gasteiger charge is 2.28. The van der Waals surface area contributed by atoms with Crippen LogP contribution in [0.2, 0.25) is 0 Å². The second kappa shape index (κ2) is 4.26. The second-order valence-electron chi connectivity index (χ2n) is 4.27. The van der Waals surface area contributed by atoms with E-state index in [1.807, 2.05) is 6.07 Å². The fraction of sp³-hybridized carbons (Fsp3) is 0.500. The van der Waals surface area contributed by atoms with Gasteiger partial charge in [-0.3, -0.25) is 0 Å². The van der Waals surface area contributed by atoms with Gasteiger partial charge in [0, 0.05) is 23.0 Å². The van der Waals surface area contributed by atoms with Crippen molar-refractivity contribution in [2.75, 3.05) is 11.5 Å². The fourth-order valence-electron chi connectivity index (χ4n) is 2.44. The molecule has 1 aromatic carbocycles. The molecule has 2 atom stereocenters. The van der Waals surface area contributed by atoms with E-state index in [0.29, 0.717) is 0 Å². The molecule has 0 spiro atoms. The van der Waals surface area contributed by atoms with Gasteiger partial charge in [0.05, 0.1) is 12.2 Å². The average molecular weight is 254 g/mol. The molecule has 1 aromatic rings.